The van der Waals surface area contributed by atoms with Crippen molar-refractivity contribution in [3.05, 3.63) is 123 Å². The molecule has 5 aliphatic heterocycles. The number of amides is 4. The Balaban J connectivity index is 0.674. The average Bonchev–Trinajstić information content (AvgIpc) is 4.07. The molecule has 15 nitrogen and oxygen atoms in total. The Kier molecular flexibility index (Phi) is 12.7. The summed E-state index contributed by atoms with van der Waals surface area (Å²) in [6, 6.07) is 14.2. The van der Waals surface area contributed by atoms with Crippen LogP contribution in [-0.2, 0) is 33.4 Å². The van der Waals surface area contributed by atoms with Gasteiger partial charge in [0.15, 0.2) is 5.82 Å². The molecule has 11 rings (SSSR count). The van der Waals surface area contributed by atoms with Gasteiger partial charge in [-0.3, -0.25) is 53.5 Å². The van der Waals surface area contributed by atoms with Crippen molar-refractivity contribution in [2.75, 3.05) is 69.6 Å². The van der Waals surface area contributed by atoms with Gasteiger partial charge in [0.2, 0.25) is 17.7 Å². The highest BCUT2D eigenvalue weighted by Gasteiger charge is 2.61. The zero-order chi connectivity index (χ0) is 51.0. The fourth-order valence-electron chi connectivity index (χ4n) is 12.6. The third-order valence-electron chi connectivity index (χ3n) is 16.9. The molecule has 3 atom stereocenters. The van der Waals surface area contributed by atoms with Crippen LogP contribution in [0.4, 0.5) is 20.2 Å². The number of hydrogen-bond acceptors (Lipinski definition) is 10. The lowest BCUT2D eigenvalue weighted by atomic mass is 9.92. The number of aromatic nitrogens is 3. The minimum absolute atomic E-state index is 0.0109. The van der Waals surface area contributed by atoms with E-state index < -0.39 is 23.2 Å². The molecular weight excluding hydrogens is 931 g/mol. The second-order valence-electron chi connectivity index (χ2n) is 21.4. The van der Waals surface area contributed by atoms with Crippen LogP contribution in [0.3, 0.4) is 0 Å². The average molecular weight is 995 g/mol. The molecule has 1 spiro atoms. The number of benzene rings is 2. The van der Waals surface area contributed by atoms with Crippen LogP contribution in [-0.4, -0.2) is 129 Å². The first-order valence-corrected chi connectivity index (χ1v) is 26.0. The number of piperidine rings is 2. The van der Waals surface area contributed by atoms with Gasteiger partial charge in [-0.25, -0.2) is 13.8 Å². The van der Waals surface area contributed by atoms with Crippen LogP contribution in [0.25, 0.3) is 22.3 Å². The third kappa shape index (κ3) is 8.76. The van der Waals surface area contributed by atoms with E-state index in [0.29, 0.717) is 73.4 Å². The largest absolute Gasteiger partial charge is 0.386 e. The Labute approximate surface area is 423 Å². The van der Waals surface area contributed by atoms with Crippen molar-refractivity contribution in [1.82, 2.24) is 39.0 Å². The Bertz CT molecular complexity index is 3150. The van der Waals surface area contributed by atoms with Crippen molar-refractivity contribution in [2.24, 2.45) is 13.0 Å². The summed E-state index contributed by atoms with van der Waals surface area (Å²) in [4.78, 5) is 80.8. The molecule has 2 aromatic carbocycles. The van der Waals surface area contributed by atoms with E-state index in [4.69, 9.17) is 0 Å². The minimum atomic E-state index is -0.653. The van der Waals surface area contributed by atoms with E-state index >= 15 is 4.39 Å². The topological polar surface area (TPSA) is 148 Å². The molecule has 1 aliphatic carbocycles. The highest BCUT2D eigenvalue weighted by molar-refractivity contribution is 6.15. The van der Waals surface area contributed by atoms with Crippen LogP contribution in [0, 0.1) is 24.5 Å². The normalized spacial score (nSPS) is 22.2. The summed E-state index contributed by atoms with van der Waals surface area (Å²) < 4.78 is 34.3. The molecule has 2 N–H and O–H groups in total. The summed E-state index contributed by atoms with van der Waals surface area (Å²) in [6.45, 7) is 13.4. The fraction of sp³-hybridized carbons (Fsp3) is 0.464. The van der Waals surface area contributed by atoms with Gasteiger partial charge in [0, 0.05) is 132 Å². The quantitative estimate of drug-likeness (QED) is 0.142. The summed E-state index contributed by atoms with van der Waals surface area (Å²) in [7, 11) is 3.51. The number of rotatable bonds is 11. The van der Waals surface area contributed by atoms with Gasteiger partial charge in [0.05, 0.1) is 23.0 Å². The molecule has 5 aromatic rings. The van der Waals surface area contributed by atoms with E-state index in [2.05, 4.69) is 62.4 Å². The second-order valence-corrected chi connectivity index (χ2v) is 21.4. The molecular formula is C56H64F2N10O5. The number of nitrogens with one attached hydrogen (secondary N) is 2. The fourth-order valence-corrected chi connectivity index (χ4v) is 12.6. The van der Waals surface area contributed by atoms with Crippen LogP contribution >= 0.6 is 0 Å². The number of carbonyl (C=O) groups excluding carboxylic acids is 4. The summed E-state index contributed by atoms with van der Waals surface area (Å²) in [5.74, 6) is -1.27. The molecule has 3 aromatic heterocycles. The number of piperazine rings is 1. The number of likely N-dealkylation sites (tertiary alicyclic amines) is 1. The van der Waals surface area contributed by atoms with Crippen LogP contribution in [0.1, 0.15) is 103 Å². The monoisotopic (exact) mass is 995 g/mol. The lowest BCUT2D eigenvalue weighted by Gasteiger charge is -2.42. The summed E-state index contributed by atoms with van der Waals surface area (Å²) >= 11 is 0. The summed E-state index contributed by atoms with van der Waals surface area (Å²) in [5.41, 5.74) is 7.05. The number of fused-ring (bicyclic) bond motifs is 3. The van der Waals surface area contributed by atoms with Crippen LogP contribution in [0.2, 0.25) is 0 Å². The lowest BCUT2D eigenvalue weighted by molar-refractivity contribution is -0.135. The first-order chi connectivity index (χ1) is 35.1. The Morgan fingerprint density at radius 2 is 1.73 bits per heavy atom. The SMILES string of the molecule is CNc1cc(=O)n(-c2ccnc3c2cc([C@H](C)N2CC=C(c4c(C)cc(C(=O)N5CCC(CN6CCN(Cc7ccc8c(c7)C7(CC7)C(=O)N8[C@H]7CCC(=O)NC7=O)C[C@@H]6C)CC5)cc4F)CC2)n3C)cc1F. The van der Waals surface area contributed by atoms with Gasteiger partial charge in [-0.05, 0) is 118 Å². The summed E-state index contributed by atoms with van der Waals surface area (Å²) in [6.07, 6.45) is 9.46. The number of pyridine rings is 2. The van der Waals surface area contributed by atoms with Gasteiger partial charge in [-0.15, -0.1) is 0 Å². The summed E-state index contributed by atoms with van der Waals surface area (Å²) in [5, 5.41) is 5.87. The molecule has 17 heteroatoms. The Morgan fingerprint density at radius 3 is 2.42 bits per heavy atom. The van der Waals surface area contributed by atoms with E-state index in [1.807, 2.05) is 41.6 Å². The molecule has 382 valence electrons. The minimum Gasteiger partial charge on any atom is -0.386 e. The van der Waals surface area contributed by atoms with Crippen molar-refractivity contribution in [3.8, 4) is 5.69 Å². The van der Waals surface area contributed by atoms with Crippen LogP contribution < -0.4 is 21.1 Å². The maximum absolute atomic E-state index is 16.2. The zero-order valence-electron chi connectivity index (χ0n) is 42.3. The highest BCUT2D eigenvalue weighted by atomic mass is 19.1. The van der Waals surface area contributed by atoms with Gasteiger partial charge in [0.1, 0.15) is 17.5 Å². The number of hydrogen-bond donors (Lipinski definition) is 2. The van der Waals surface area contributed by atoms with Crippen LogP contribution in [0.5, 0.6) is 0 Å². The molecule has 1 saturated carbocycles. The van der Waals surface area contributed by atoms with Crippen molar-refractivity contribution in [3.63, 3.8) is 0 Å². The molecule has 0 unspecified atom stereocenters. The van der Waals surface area contributed by atoms with Crippen molar-refractivity contribution in [1.29, 1.82) is 0 Å². The predicted molar refractivity (Wildman–Crippen MR) is 275 cm³/mol. The highest BCUT2D eigenvalue weighted by Crippen LogP contribution is 2.58. The molecule has 8 heterocycles. The second kappa shape index (κ2) is 19.0. The van der Waals surface area contributed by atoms with Gasteiger partial charge in [-0.1, -0.05) is 18.2 Å². The van der Waals surface area contributed by atoms with E-state index in [1.165, 1.54) is 22.9 Å². The predicted octanol–water partition coefficient (Wildman–Crippen LogP) is 6.44. The number of imide groups is 1. The maximum Gasteiger partial charge on any atom is 0.257 e. The van der Waals surface area contributed by atoms with Gasteiger partial charge in [0.25, 0.3) is 11.5 Å². The lowest BCUT2D eigenvalue weighted by Crippen LogP contribution is -2.54. The maximum atomic E-state index is 16.2. The number of aryl methyl sites for hydroxylation is 2. The number of halogens is 2. The third-order valence-corrected chi connectivity index (χ3v) is 16.9. The van der Waals surface area contributed by atoms with Crippen molar-refractivity contribution >= 4 is 51.6 Å². The first kappa shape index (κ1) is 48.7. The van der Waals surface area contributed by atoms with E-state index in [1.54, 1.807) is 24.2 Å². The van der Waals surface area contributed by atoms with E-state index in [-0.39, 0.29) is 47.2 Å². The Hall–Kier alpha value is -6.56. The standard InChI is InChI=1S/C56H64F2N10O5/c1-33-24-39(26-42(57)51(33)38-13-20-64(21-14-38)35(3)48-27-40-45(10-17-60-52(40)62(48)5)67-32-43(58)44(59-4)28-50(67)70)54(72)65-18-11-36(12-19-65)31-66-23-22-63(29-34(66)2)30-37-6-7-46-41(25-37)56(15-16-56)55(73)68(46)47-8-9-49(69)61-53(47)71/h6-7,10,13,17,24-28,32,34-36,47,59H,8-9,11-12,14-16,18-23,29-31H2,1-5H3,(H,61,69,71)/t34-,35-,47-/m0/s1. The van der Waals surface area contributed by atoms with Crippen molar-refractivity contribution < 1.29 is 28.0 Å². The molecule has 0 bridgehead atoms. The zero-order valence-corrected chi connectivity index (χ0v) is 42.3. The van der Waals surface area contributed by atoms with E-state index in [9.17, 15) is 28.4 Å². The molecule has 4 fully saturated rings. The molecule has 3 saturated heterocycles. The van der Waals surface area contributed by atoms with Crippen LogP contribution in [0.15, 0.2) is 71.8 Å². The number of nitrogens with zero attached hydrogens (tertiary/aromatic N) is 8. The molecule has 0 radical (unpaired) electrons. The van der Waals surface area contributed by atoms with E-state index in [0.717, 1.165) is 97.4 Å². The molecule has 6 aliphatic rings. The van der Waals surface area contributed by atoms with Gasteiger partial charge >= 0.3 is 0 Å². The first-order valence-electron chi connectivity index (χ1n) is 26.0. The Morgan fingerprint density at radius 1 is 0.932 bits per heavy atom. The number of anilines is 2. The van der Waals surface area contributed by atoms with Gasteiger partial charge < -0.3 is 14.8 Å². The van der Waals surface area contributed by atoms with Crippen molar-refractivity contribution in [2.45, 2.75) is 95.8 Å². The smallest absolute Gasteiger partial charge is 0.257 e. The molecule has 4 amide bonds. The number of carbonyl (C=O) groups is 4. The van der Waals surface area contributed by atoms with Gasteiger partial charge in [-0.2, -0.15) is 0 Å². The molecule has 73 heavy (non-hydrogen) atoms.